The normalized spacial score (nSPS) is 14.3. The van der Waals surface area contributed by atoms with E-state index in [4.69, 9.17) is 27.9 Å². The molecule has 0 aliphatic heterocycles. The van der Waals surface area contributed by atoms with Gasteiger partial charge in [0.05, 0.1) is 28.9 Å². The Balaban J connectivity index is 2.28. The summed E-state index contributed by atoms with van der Waals surface area (Å²) in [6, 6.07) is 5.28. The lowest BCUT2D eigenvalue weighted by molar-refractivity contribution is -0.00443. The fourth-order valence-corrected chi connectivity index (χ4v) is 2.21. The van der Waals surface area contributed by atoms with Crippen LogP contribution in [0.1, 0.15) is 27.2 Å². The zero-order valence-corrected chi connectivity index (χ0v) is 13.7. The van der Waals surface area contributed by atoms with Gasteiger partial charge in [0.1, 0.15) is 0 Å². The summed E-state index contributed by atoms with van der Waals surface area (Å²) in [6.45, 7) is 7.07. The van der Waals surface area contributed by atoms with E-state index >= 15 is 0 Å². The monoisotopic (exact) mass is 319 g/mol. The zero-order valence-electron chi connectivity index (χ0n) is 12.2. The van der Waals surface area contributed by atoms with E-state index in [1.165, 1.54) is 0 Å². The summed E-state index contributed by atoms with van der Waals surface area (Å²) in [7, 11) is 0. The van der Waals surface area contributed by atoms with Crippen LogP contribution in [-0.2, 0) is 4.74 Å². The highest BCUT2D eigenvalue weighted by molar-refractivity contribution is 6.42. The van der Waals surface area contributed by atoms with Gasteiger partial charge >= 0.3 is 0 Å². The largest absolute Gasteiger partial charge is 0.389 e. The van der Waals surface area contributed by atoms with E-state index in [0.717, 1.165) is 12.1 Å². The summed E-state index contributed by atoms with van der Waals surface area (Å²) in [5, 5.41) is 14.0. The Morgan fingerprint density at radius 2 is 1.90 bits per heavy atom. The molecule has 2 N–H and O–H groups in total. The van der Waals surface area contributed by atoms with Crippen LogP contribution < -0.4 is 5.32 Å². The molecule has 5 heteroatoms. The maximum absolute atomic E-state index is 9.87. The number of benzene rings is 1. The maximum Gasteiger partial charge on any atom is 0.0945 e. The second-order valence-corrected chi connectivity index (χ2v) is 6.25. The van der Waals surface area contributed by atoms with E-state index in [-0.39, 0.29) is 6.10 Å². The van der Waals surface area contributed by atoms with Crippen LogP contribution >= 0.6 is 23.2 Å². The summed E-state index contributed by atoms with van der Waals surface area (Å²) >= 11 is 11.8. The lowest BCUT2D eigenvalue weighted by atomic mass is 10.1. The second kappa shape index (κ2) is 8.73. The van der Waals surface area contributed by atoms with Crippen molar-refractivity contribution in [1.29, 1.82) is 0 Å². The predicted molar refractivity (Wildman–Crippen MR) is 85.8 cm³/mol. The fourth-order valence-electron chi connectivity index (χ4n) is 1.91. The van der Waals surface area contributed by atoms with Crippen LogP contribution in [0.25, 0.3) is 0 Å². The van der Waals surface area contributed by atoms with E-state index in [9.17, 15) is 5.11 Å². The van der Waals surface area contributed by atoms with Gasteiger partial charge in [-0.05, 0) is 37.5 Å². The smallest absolute Gasteiger partial charge is 0.0945 e. The molecule has 0 saturated carbocycles. The third-order valence-corrected chi connectivity index (χ3v) is 3.58. The van der Waals surface area contributed by atoms with Gasteiger partial charge in [-0.2, -0.15) is 0 Å². The topological polar surface area (TPSA) is 41.5 Å². The SMILES string of the molecule is CC(C)CC(C)OCC(O)CNc1ccc(Cl)c(Cl)c1. The highest BCUT2D eigenvalue weighted by Gasteiger charge is 2.10. The number of hydrogen-bond acceptors (Lipinski definition) is 3. The van der Waals surface area contributed by atoms with Crippen molar-refractivity contribution < 1.29 is 9.84 Å². The molecule has 1 rings (SSSR count). The van der Waals surface area contributed by atoms with E-state index in [2.05, 4.69) is 19.2 Å². The first-order valence-corrected chi connectivity index (χ1v) is 7.62. The van der Waals surface area contributed by atoms with Crippen molar-refractivity contribution in [3.8, 4) is 0 Å². The molecule has 1 aromatic carbocycles. The molecule has 0 aliphatic rings. The summed E-state index contributed by atoms with van der Waals surface area (Å²) in [6.07, 6.45) is 0.598. The maximum atomic E-state index is 9.87. The van der Waals surface area contributed by atoms with Gasteiger partial charge in [-0.1, -0.05) is 37.0 Å². The van der Waals surface area contributed by atoms with Crippen LogP contribution in [0.2, 0.25) is 10.0 Å². The highest BCUT2D eigenvalue weighted by atomic mass is 35.5. The Morgan fingerprint density at radius 1 is 1.20 bits per heavy atom. The van der Waals surface area contributed by atoms with E-state index in [1.807, 2.05) is 13.0 Å². The minimum Gasteiger partial charge on any atom is -0.389 e. The van der Waals surface area contributed by atoms with E-state index in [1.54, 1.807) is 12.1 Å². The molecule has 0 amide bonds. The zero-order chi connectivity index (χ0) is 15.1. The molecule has 3 nitrogen and oxygen atoms in total. The third-order valence-electron chi connectivity index (χ3n) is 2.84. The number of aliphatic hydroxyl groups excluding tert-OH is 1. The van der Waals surface area contributed by atoms with Crippen LogP contribution in [0.15, 0.2) is 18.2 Å². The summed E-state index contributed by atoms with van der Waals surface area (Å²) in [5.41, 5.74) is 0.827. The molecule has 0 aromatic heterocycles. The molecular formula is C15H23Cl2NO2. The first kappa shape index (κ1) is 17.6. The van der Waals surface area contributed by atoms with Crippen LogP contribution in [0.5, 0.6) is 0 Å². The molecule has 0 fully saturated rings. The van der Waals surface area contributed by atoms with Crippen molar-refractivity contribution >= 4 is 28.9 Å². The minimum atomic E-state index is -0.556. The standard InChI is InChI=1S/C15H23Cl2NO2/c1-10(2)6-11(3)20-9-13(19)8-18-12-4-5-14(16)15(17)7-12/h4-5,7,10-11,13,18-19H,6,8-9H2,1-3H3. The number of halogens is 2. The molecule has 114 valence electrons. The quantitative estimate of drug-likeness (QED) is 0.753. The number of hydrogen-bond donors (Lipinski definition) is 2. The number of ether oxygens (including phenoxy) is 1. The first-order valence-electron chi connectivity index (χ1n) is 6.87. The van der Waals surface area contributed by atoms with Crippen molar-refractivity contribution in [2.45, 2.75) is 39.4 Å². The molecule has 0 radical (unpaired) electrons. The highest BCUT2D eigenvalue weighted by Crippen LogP contribution is 2.24. The van der Waals surface area contributed by atoms with Gasteiger partial charge in [0.2, 0.25) is 0 Å². The Labute approximate surface area is 131 Å². The average Bonchev–Trinajstić information content (AvgIpc) is 2.37. The van der Waals surface area contributed by atoms with Gasteiger partial charge in [-0.15, -0.1) is 0 Å². The molecule has 2 atom stereocenters. The van der Waals surface area contributed by atoms with E-state index in [0.29, 0.717) is 29.1 Å². The molecule has 20 heavy (non-hydrogen) atoms. The Hall–Kier alpha value is -0.480. The molecular weight excluding hydrogens is 297 g/mol. The fraction of sp³-hybridized carbons (Fsp3) is 0.600. The van der Waals surface area contributed by atoms with Crippen LogP contribution in [0, 0.1) is 5.92 Å². The van der Waals surface area contributed by atoms with Gasteiger partial charge in [-0.3, -0.25) is 0 Å². The van der Waals surface area contributed by atoms with E-state index < -0.39 is 6.10 Å². The summed E-state index contributed by atoms with van der Waals surface area (Å²) in [4.78, 5) is 0. The molecule has 1 aromatic rings. The lowest BCUT2D eigenvalue weighted by Crippen LogP contribution is -2.27. The summed E-state index contributed by atoms with van der Waals surface area (Å²) < 4.78 is 5.61. The number of aliphatic hydroxyl groups is 1. The van der Waals surface area contributed by atoms with Crippen molar-refractivity contribution in [2.75, 3.05) is 18.5 Å². The number of rotatable bonds is 8. The van der Waals surface area contributed by atoms with Crippen molar-refractivity contribution in [1.82, 2.24) is 0 Å². The third kappa shape index (κ3) is 6.80. The predicted octanol–water partition coefficient (Wildman–Crippen LogP) is 4.22. The van der Waals surface area contributed by atoms with Gasteiger partial charge in [-0.25, -0.2) is 0 Å². The summed E-state index contributed by atoms with van der Waals surface area (Å²) in [5.74, 6) is 0.594. The van der Waals surface area contributed by atoms with Gasteiger partial charge < -0.3 is 15.2 Å². The van der Waals surface area contributed by atoms with Crippen molar-refractivity contribution in [3.05, 3.63) is 28.2 Å². The minimum absolute atomic E-state index is 0.162. The lowest BCUT2D eigenvalue weighted by Gasteiger charge is -2.18. The molecule has 0 aliphatic carbocycles. The molecule has 0 heterocycles. The first-order chi connectivity index (χ1) is 9.38. The Kier molecular flexibility index (Phi) is 7.67. The molecule has 2 unspecified atom stereocenters. The molecule has 0 bridgehead atoms. The van der Waals surface area contributed by atoms with Gasteiger partial charge in [0.25, 0.3) is 0 Å². The van der Waals surface area contributed by atoms with Crippen LogP contribution in [-0.4, -0.2) is 30.5 Å². The number of nitrogens with one attached hydrogen (secondary N) is 1. The van der Waals surface area contributed by atoms with Crippen molar-refractivity contribution in [3.63, 3.8) is 0 Å². The second-order valence-electron chi connectivity index (χ2n) is 5.44. The molecule has 0 saturated heterocycles. The molecule has 0 spiro atoms. The average molecular weight is 320 g/mol. The number of anilines is 1. The Bertz CT molecular complexity index is 413. The van der Waals surface area contributed by atoms with Crippen molar-refractivity contribution in [2.24, 2.45) is 5.92 Å². The van der Waals surface area contributed by atoms with Crippen LogP contribution in [0.4, 0.5) is 5.69 Å². The Morgan fingerprint density at radius 3 is 2.50 bits per heavy atom. The van der Waals surface area contributed by atoms with Crippen LogP contribution in [0.3, 0.4) is 0 Å². The van der Waals surface area contributed by atoms with Gasteiger partial charge in [0.15, 0.2) is 0 Å². The van der Waals surface area contributed by atoms with Gasteiger partial charge in [0, 0.05) is 12.2 Å².